The van der Waals surface area contributed by atoms with Gasteiger partial charge in [0.25, 0.3) is 0 Å². The molecule has 0 bridgehead atoms. The molecule has 1 aliphatic heterocycles. The molecular weight excluding hydrogens is 232 g/mol. The zero-order chi connectivity index (χ0) is 13.1. The number of carbonyl (C=O) groups is 1. The third-order valence-corrected chi connectivity index (χ3v) is 3.23. The number of benzene rings is 1. The molecule has 0 spiro atoms. The van der Waals surface area contributed by atoms with E-state index in [0.29, 0.717) is 18.7 Å². The van der Waals surface area contributed by atoms with Crippen LogP contribution in [0.3, 0.4) is 0 Å². The number of nitrogens with one attached hydrogen (secondary N) is 2. The third kappa shape index (κ3) is 2.26. The lowest BCUT2D eigenvalue weighted by atomic mass is 9.94. The van der Waals surface area contributed by atoms with Crippen molar-refractivity contribution in [3.8, 4) is 11.5 Å². The summed E-state index contributed by atoms with van der Waals surface area (Å²) < 4.78 is 10.5. The van der Waals surface area contributed by atoms with Gasteiger partial charge >= 0.3 is 0 Å². The molecule has 1 atom stereocenters. The van der Waals surface area contributed by atoms with E-state index in [1.54, 1.807) is 21.3 Å². The summed E-state index contributed by atoms with van der Waals surface area (Å²) in [5, 5.41) is 5.87. The van der Waals surface area contributed by atoms with Gasteiger partial charge in [0.05, 0.1) is 20.3 Å². The Bertz CT molecular complexity index is 460. The van der Waals surface area contributed by atoms with Crippen molar-refractivity contribution in [3.63, 3.8) is 0 Å². The van der Waals surface area contributed by atoms with Gasteiger partial charge in [-0.1, -0.05) is 0 Å². The van der Waals surface area contributed by atoms with Gasteiger partial charge in [-0.2, -0.15) is 0 Å². The van der Waals surface area contributed by atoms with Crippen LogP contribution in [0.4, 0.5) is 0 Å². The fourth-order valence-corrected chi connectivity index (χ4v) is 2.20. The molecule has 2 N–H and O–H groups in total. The molecule has 0 radical (unpaired) electrons. The monoisotopic (exact) mass is 250 g/mol. The molecule has 1 aromatic carbocycles. The SMILES string of the molecule is CNC(=O)[C@H]1Cc2cc(OC)c(OC)cc2CN1. The third-order valence-electron chi connectivity index (χ3n) is 3.23. The van der Waals surface area contributed by atoms with Crippen molar-refractivity contribution in [3.05, 3.63) is 23.3 Å². The smallest absolute Gasteiger partial charge is 0.237 e. The number of amides is 1. The van der Waals surface area contributed by atoms with Crippen molar-refractivity contribution in [1.82, 2.24) is 10.6 Å². The van der Waals surface area contributed by atoms with Gasteiger partial charge in [-0.05, 0) is 29.7 Å². The van der Waals surface area contributed by atoms with Crippen LogP contribution in [0.1, 0.15) is 11.1 Å². The van der Waals surface area contributed by atoms with Crippen molar-refractivity contribution >= 4 is 5.91 Å². The maximum absolute atomic E-state index is 11.6. The highest BCUT2D eigenvalue weighted by atomic mass is 16.5. The van der Waals surface area contributed by atoms with Crippen LogP contribution >= 0.6 is 0 Å². The molecule has 0 aliphatic carbocycles. The Morgan fingerprint density at radius 3 is 2.44 bits per heavy atom. The van der Waals surface area contributed by atoms with E-state index in [-0.39, 0.29) is 11.9 Å². The summed E-state index contributed by atoms with van der Waals surface area (Å²) in [7, 11) is 4.88. The number of likely N-dealkylation sites (N-methyl/N-ethyl adjacent to an activating group) is 1. The van der Waals surface area contributed by atoms with Crippen LogP contribution in [0.2, 0.25) is 0 Å². The molecule has 1 amide bonds. The molecule has 0 unspecified atom stereocenters. The minimum Gasteiger partial charge on any atom is -0.493 e. The van der Waals surface area contributed by atoms with Crippen LogP contribution in [-0.2, 0) is 17.8 Å². The van der Waals surface area contributed by atoms with E-state index in [1.807, 2.05) is 12.1 Å². The van der Waals surface area contributed by atoms with Gasteiger partial charge < -0.3 is 20.1 Å². The fourth-order valence-electron chi connectivity index (χ4n) is 2.20. The van der Waals surface area contributed by atoms with Gasteiger partial charge in [-0.3, -0.25) is 4.79 Å². The van der Waals surface area contributed by atoms with Crippen molar-refractivity contribution in [2.75, 3.05) is 21.3 Å². The molecule has 0 aromatic heterocycles. The average Bonchev–Trinajstić information content (AvgIpc) is 2.44. The highest BCUT2D eigenvalue weighted by Crippen LogP contribution is 2.32. The summed E-state index contributed by atoms with van der Waals surface area (Å²) in [6.45, 7) is 0.660. The lowest BCUT2D eigenvalue weighted by Crippen LogP contribution is -2.46. The average molecular weight is 250 g/mol. The van der Waals surface area contributed by atoms with Gasteiger partial charge in [0, 0.05) is 13.6 Å². The summed E-state index contributed by atoms with van der Waals surface area (Å²) in [5.74, 6) is 1.43. The first-order valence-electron chi connectivity index (χ1n) is 5.88. The summed E-state index contributed by atoms with van der Waals surface area (Å²) in [6, 6.07) is 3.73. The van der Waals surface area contributed by atoms with E-state index in [9.17, 15) is 4.79 Å². The number of fused-ring (bicyclic) bond motifs is 1. The van der Waals surface area contributed by atoms with Gasteiger partial charge in [-0.25, -0.2) is 0 Å². The second-order valence-electron chi connectivity index (χ2n) is 4.23. The Kier molecular flexibility index (Phi) is 3.72. The molecule has 18 heavy (non-hydrogen) atoms. The molecule has 1 heterocycles. The highest BCUT2D eigenvalue weighted by molar-refractivity contribution is 5.82. The first kappa shape index (κ1) is 12.7. The molecule has 98 valence electrons. The predicted octanol–water partition coefficient (Wildman–Crippen LogP) is 0.464. The molecular formula is C13H18N2O3. The number of rotatable bonds is 3. The van der Waals surface area contributed by atoms with E-state index in [2.05, 4.69) is 10.6 Å². The lowest BCUT2D eigenvalue weighted by molar-refractivity contribution is -0.122. The summed E-state index contributed by atoms with van der Waals surface area (Å²) in [6.07, 6.45) is 0.662. The van der Waals surface area contributed by atoms with Crippen molar-refractivity contribution < 1.29 is 14.3 Å². The van der Waals surface area contributed by atoms with Crippen LogP contribution in [0.15, 0.2) is 12.1 Å². The standard InChI is InChI=1S/C13H18N2O3/c1-14-13(16)10-4-8-5-11(17-2)12(18-3)6-9(8)7-15-10/h5-6,10,15H,4,7H2,1-3H3,(H,14,16)/t10-/m1/s1. The second kappa shape index (κ2) is 5.27. The maximum atomic E-state index is 11.6. The molecule has 1 aliphatic rings. The summed E-state index contributed by atoms with van der Waals surface area (Å²) in [4.78, 5) is 11.6. The summed E-state index contributed by atoms with van der Waals surface area (Å²) in [5.41, 5.74) is 2.27. The van der Waals surface area contributed by atoms with E-state index in [0.717, 1.165) is 16.9 Å². The quantitative estimate of drug-likeness (QED) is 0.818. The van der Waals surface area contributed by atoms with Crippen LogP contribution in [0.5, 0.6) is 11.5 Å². The first-order chi connectivity index (χ1) is 8.69. The molecule has 5 nitrogen and oxygen atoms in total. The minimum atomic E-state index is -0.180. The largest absolute Gasteiger partial charge is 0.493 e. The van der Waals surface area contributed by atoms with Gasteiger partial charge in [0.2, 0.25) is 5.91 Å². The molecule has 2 rings (SSSR count). The number of ether oxygens (including phenoxy) is 2. The van der Waals surface area contributed by atoms with Crippen molar-refractivity contribution in [1.29, 1.82) is 0 Å². The van der Waals surface area contributed by atoms with Crippen LogP contribution in [0.25, 0.3) is 0 Å². The predicted molar refractivity (Wildman–Crippen MR) is 67.9 cm³/mol. The number of hydrogen-bond acceptors (Lipinski definition) is 4. The Morgan fingerprint density at radius 2 is 1.89 bits per heavy atom. The van der Waals surface area contributed by atoms with Gasteiger partial charge in [-0.15, -0.1) is 0 Å². The van der Waals surface area contributed by atoms with Crippen molar-refractivity contribution in [2.45, 2.75) is 19.0 Å². The second-order valence-corrected chi connectivity index (χ2v) is 4.23. The van der Waals surface area contributed by atoms with E-state index in [1.165, 1.54) is 0 Å². The molecule has 0 fully saturated rings. The summed E-state index contributed by atoms with van der Waals surface area (Å²) >= 11 is 0. The number of hydrogen-bond donors (Lipinski definition) is 2. The van der Waals surface area contributed by atoms with Crippen LogP contribution in [0, 0.1) is 0 Å². The zero-order valence-electron chi connectivity index (χ0n) is 10.9. The fraction of sp³-hybridized carbons (Fsp3) is 0.462. The van der Waals surface area contributed by atoms with Gasteiger partial charge in [0.15, 0.2) is 11.5 Å². The van der Waals surface area contributed by atoms with Crippen LogP contribution in [-0.4, -0.2) is 33.2 Å². The maximum Gasteiger partial charge on any atom is 0.237 e. The molecule has 1 aromatic rings. The Morgan fingerprint density at radius 1 is 1.28 bits per heavy atom. The van der Waals surface area contributed by atoms with E-state index in [4.69, 9.17) is 9.47 Å². The van der Waals surface area contributed by atoms with Crippen molar-refractivity contribution in [2.24, 2.45) is 0 Å². The molecule has 0 saturated heterocycles. The minimum absolute atomic E-state index is 0.00966. The molecule has 0 saturated carbocycles. The topological polar surface area (TPSA) is 59.6 Å². The normalized spacial score (nSPS) is 17.8. The van der Waals surface area contributed by atoms with Crippen LogP contribution < -0.4 is 20.1 Å². The molecule has 5 heteroatoms. The highest BCUT2D eigenvalue weighted by Gasteiger charge is 2.24. The number of methoxy groups -OCH3 is 2. The Labute approximate surface area is 106 Å². The van der Waals surface area contributed by atoms with E-state index >= 15 is 0 Å². The van der Waals surface area contributed by atoms with E-state index < -0.39 is 0 Å². The Balaban J connectivity index is 2.29. The number of carbonyl (C=O) groups excluding carboxylic acids is 1. The van der Waals surface area contributed by atoms with Gasteiger partial charge in [0.1, 0.15) is 0 Å². The Hall–Kier alpha value is -1.75. The zero-order valence-corrected chi connectivity index (χ0v) is 10.9. The lowest BCUT2D eigenvalue weighted by Gasteiger charge is -2.26. The first-order valence-corrected chi connectivity index (χ1v) is 5.88.